The molecule has 6 N–H and O–H groups in total. The van der Waals surface area contributed by atoms with Crippen LogP contribution in [0.5, 0.6) is 0 Å². The van der Waals surface area contributed by atoms with Crippen molar-refractivity contribution in [1.82, 2.24) is 86.5 Å². The van der Waals surface area contributed by atoms with Crippen molar-refractivity contribution in [3.8, 4) is 52.2 Å². The number of thiophene rings is 5. The van der Waals surface area contributed by atoms with Crippen LogP contribution in [0.1, 0.15) is 138 Å². The van der Waals surface area contributed by atoms with E-state index in [1.54, 1.807) is 105 Å². The van der Waals surface area contributed by atoms with E-state index < -0.39 is 11.8 Å². The Morgan fingerprint density at radius 3 is 1.01 bits per heavy atom. The van der Waals surface area contributed by atoms with Crippen LogP contribution in [0.25, 0.3) is 103 Å². The second-order valence-electron chi connectivity index (χ2n) is 31.9. The molecule has 0 saturated heterocycles. The average molecular weight is 1880 g/mol. The second-order valence-corrected chi connectivity index (χ2v) is 38.0. The number of hydrogen-bond acceptors (Lipinski definition) is 25. The summed E-state index contributed by atoms with van der Waals surface area (Å²) in [6.45, 7) is 10.3. The molecule has 5 amide bonds. The highest BCUT2D eigenvalue weighted by molar-refractivity contribution is 8.05. The first kappa shape index (κ1) is 92.4. The van der Waals surface area contributed by atoms with Crippen molar-refractivity contribution in [2.24, 2.45) is 11.5 Å². The molecule has 15 heterocycles. The van der Waals surface area contributed by atoms with E-state index in [-0.39, 0.29) is 29.1 Å². The van der Waals surface area contributed by atoms with E-state index in [1.807, 2.05) is 67.0 Å². The Labute approximate surface area is 797 Å². The summed E-state index contributed by atoms with van der Waals surface area (Å²) in [4.78, 5) is 84.5. The summed E-state index contributed by atoms with van der Waals surface area (Å²) in [5.41, 5.74) is 33.9. The predicted octanol–water partition coefficient (Wildman–Crippen LogP) is 21.0. The van der Waals surface area contributed by atoms with Crippen molar-refractivity contribution >= 4 is 148 Å². The van der Waals surface area contributed by atoms with Gasteiger partial charge in [0.1, 0.15) is 0 Å². The van der Waals surface area contributed by atoms with Crippen LogP contribution >= 0.6 is 68.4 Å². The fourth-order valence-corrected chi connectivity index (χ4v) is 21.1. The molecule has 14 aromatic heterocycles. The second kappa shape index (κ2) is 42.5. The smallest absolute Gasteiger partial charge is 0.275 e. The van der Waals surface area contributed by atoms with Gasteiger partial charge in [-0.2, -0.15) is 25.5 Å². The van der Waals surface area contributed by atoms with Gasteiger partial charge in [-0.05, 0) is 163 Å². The number of carbonyl (C=O) groups excluding carboxylic acids is 5. The van der Waals surface area contributed by atoms with Crippen LogP contribution in [0, 0.1) is 34.6 Å². The molecule has 30 heteroatoms. The summed E-state index contributed by atoms with van der Waals surface area (Å²) in [5.74, 6) is -1.69. The first-order valence-corrected chi connectivity index (χ1v) is 47.7. The maximum atomic E-state index is 12.6. The maximum Gasteiger partial charge on any atom is 0.275 e. The number of pyridine rings is 4. The van der Waals surface area contributed by atoms with Gasteiger partial charge in [0.05, 0.1) is 52.0 Å². The Hall–Kier alpha value is -14.9. The van der Waals surface area contributed by atoms with Crippen LogP contribution in [0.2, 0.25) is 0 Å². The Bertz CT molecular complexity index is 7390. The van der Waals surface area contributed by atoms with Gasteiger partial charge in [-0.3, -0.25) is 43.9 Å². The van der Waals surface area contributed by atoms with E-state index in [9.17, 15) is 24.0 Å². The Morgan fingerprint density at radius 1 is 0.351 bits per heavy atom. The molecule has 24 nitrogen and oxygen atoms in total. The van der Waals surface area contributed by atoms with E-state index in [4.69, 9.17) is 11.5 Å². The van der Waals surface area contributed by atoms with Gasteiger partial charge in [-0.15, -0.1) is 93.9 Å². The fourth-order valence-electron chi connectivity index (χ4n) is 14.6. The van der Waals surface area contributed by atoms with Crippen LogP contribution in [0.15, 0.2) is 272 Å². The number of nitrogens with two attached hydrogens (primary N) is 2. The van der Waals surface area contributed by atoms with Crippen LogP contribution in [-0.2, 0) is 32.1 Å². The Kier molecular flexibility index (Phi) is 29.3. The molecular weight excluding hydrogens is 1790 g/mol. The van der Waals surface area contributed by atoms with Crippen molar-refractivity contribution in [3.05, 3.63) is 379 Å². The molecule has 0 saturated carbocycles. The summed E-state index contributed by atoms with van der Waals surface area (Å²) >= 11 is 9.48. The maximum absolute atomic E-state index is 12.6. The molecular formula is C104H89N19O5S6. The van der Waals surface area contributed by atoms with Crippen molar-refractivity contribution < 1.29 is 24.0 Å². The molecule has 0 unspecified atom stereocenters. The zero-order valence-electron chi connectivity index (χ0n) is 74.5. The molecule has 20 rings (SSSR count). The Balaban J connectivity index is 0.000000122. The summed E-state index contributed by atoms with van der Waals surface area (Å²) in [6, 6.07) is 69.8. The van der Waals surface area contributed by atoms with Crippen LogP contribution in [0.4, 0.5) is 0 Å². The number of nitrogens with one attached hydrogen (secondary N) is 2. The van der Waals surface area contributed by atoms with Crippen molar-refractivity contribution in [3.63, 3.8) is 0 Å². The predicted molar refractivity (Wildman–Crippen MR) is 541 cm³/mol. The Morgan fingerprint density at radius 2 is 0.687 bits per heavy atom. The molecule has 0 atom stereocenters. The van der Waals surface area contributed by atoms with Gasteiger partial charge < -0.3 is 27.0 Å². The van der Waals surface area contributed by atoms with Gasteiger partial charge in [-0.1, -0.05) is 179 Å². The van der Waals surface area contributed by atoms with Gasteiger partial charge >= 0.3 is 0 Å². The lowest BCUT2D eigenvalue weighted by Crippen LogP contribution is -2.23. The highest BCUT2D eigenvalue weighted by atomic mass is 32.2. The number of amides is 5. The third-order valence-corrected chi connectivity index (χ3v) is 28.6. The molecule has 0 fully saturated rings. The van der Waals surface area contributed by atoms with E-state index in [1.165, 1.54) is 61.0 Å². The largest absolute Gasteiger partial charge is 0.364 e. The lowest BCUT2D eigenvalue weighted by molar-refractivity contribution is 0.0821. The van der Waals surface area contributed by atoms with E-state index in [2.05, 4.69) is 285 Å². The highest BCUT2D eigenvalue weighted by Crippen LogP contribution is 2.43. The number of aromatic nitrogens is 14. The average Bonchev–Trinajstić information content (AvgIpc) is 1.64. The van der Waals surface area contributed by atoms with Crippen molar-refractivity contribution in [2.75, 3.05) is 28.2 Å². The number of allylic oxidation sites excluding steroid dienone is 2. The van der Waals surface area contributed by atoms with Gasteiger partial charge in [0.25, 0.3) is 29.5 Å². The number of hydrogen-bond donors (Lipinski definition) is 4. The van der Waals surface area contributed by atoms with E-state index >= 15 is 0 Å². The molecule has 134 heavy (non-hydrogen) atoms. The summed E-state index contributed by atoms with van der Waals surface area (Å²) in [5, 5.41) is 57.1. The number of carbonyl (C=O) groups is 5. The fraction of sp³-hybridized carbons (Fsp3) is 0.144. The molecule has 1 aliphatic rings. The van der Waals surface area contributed by atoms with Gasteiger partial charge in [0.15, 0.2) is 28.5 Å². The summed E-state index contributed by atoms with van der Waals surface area (Å²) in [6.07, 6.45) is 18.7. The minimum absolute atomic E-state index is 0.136. The van der Waals surface area contributed by atoms with Gasteiger partial charge in [-0.25, -0.2) is 0 Å². The molecule has 1 aliphatic heterocycles. The molecule has 0 spiro atoms. The molecule has 0 radical (unpaired) electrons. The summed E-state index contributed by atoms with van der Waals surface area (Å²) < 4.78 is 4.19. The lowest BCUT2D eigenvalue weighted by atomic mass is 10.0. The third kappa shape index (κ3) is 22.0. The SMILES string of the molecule is CNC(=O)c1nnc(CC2=CSC=CC2)c2cc(-c3ccc(C)cc3)sc12.CNC(=O)c1nnc(Cc2cccnc2)c2cc(-c3ccc(C)cc3)sc12.Cc1ccc(-c2cc3c(Cc4ccccn4)nnc(C(N)=O)c3s2)cc1.Cc1ccc(-c2cc3c(Cc4cccnc4)nnc(C(=O)N(C)C)c3s2)cc1.Cc1ccc(-c2cc3c(Cc4ccncc4)nnc(C(N)=O)c3s2)cc1. The molecule has 666 valence electrons. The van der Waals surface area contributed by atoms with Crippen molar-refractivity contribution in [2.45, 2.75) is 73.1 Å². The van der Waals surface area contributed by atoms with E-state index in [0.717, 1.165) is 166 Å². The number of aryl methyl sites for hydroxylation is 5. The minimum Gasteiger partial charge on any atom is -0.364 e. The number of thioether (sulfide) groups is 1. The minimum atomic E-state index is -0.566. The molecule has 0 aliphatic carbocycles. The quantitative estimate of drug-likeness (QED) is 0.0550. The monoisotopic (exact) mass is 1880 g/mol. The lowest BCUT2D eigenvalue weighted by Gasteiger charge is -2.10. The molecule has 0 bridgehead atoms. The number of nitrogens with zero attached hydrogens (tertiary/aromatic N) is 15. The first-order valence-electron chi connectivity index (χ1n) is 42.7. The van der Waals surface area contributed by atoms with Crippen LogP contribution in [0.3, 0.4) is 0 Å². The van der Waals surface area contributed by atoms with Crippen LogP contribution in [-0.4, -0.2) is 134 Å². The van der Waals surface area contributed by atoms with E-state index in [0.29, 0.717) is 42.8 Å². The third-order valence-electron chi connectivity index (χ3n) is 21.9. The molecule has 19 aromatic rings. The first-order chi connectivity index (χ1) is 65.1. The number of benzene rings is 5. The molecule has 5 aromatic carbocycles. The van der Waals surface area contributed by atoms with Crippen molar-refractivity contribution in [1.29, 1.82) is 0 Å². The van der Waals surface area contributed by atoms with Crippen LogP contribution < -0.4 is 22.1 Å². The van der Waals surface area contributed by atoms with Gasteiger partial charge in [0, 0.05) is 161 Å². The summed E-state index contributed by atoms with van der Waals surface area (Å²) in [7, 11) is 6.68. The zero-order valence-corrected chi connectivity index (χ0v) is 79.4. The topological polar surface area (TPSA) is 345 Å². The standard InChI is InChI=1S/C22H20N4OS.C21H18N4OS.C21H19N3OS2.2C20H16N4OS/c1-14-6-8-16(9-7-14)19-12-17-18(11-15-5-4-10-23-13-15)24-25-20(21(17)28-19)22(27)26(2)3;1-13-5-7-15(8-6-13)18-11-16-17(10-14-4-3-9-23-12-14)24-25-19(20(16)27-18)21(26)22-2;1-13-5-7-15(8-6-13)18-11-16-17(10-14-4-3-9-26-12-14)23-24-19(20(16)27-18)21(25)22-2;1-12-2-4-14(5-3-12)17-11-15-16(10-13-6-8-22-9-7-13)23-24-18(20(21)25)19(15)26-17;1-12-5-7-13(8-6-12)17-11-15-16(10-14-4-2-3-9-22-14)23-24-18(20(21)25)19(15)26-17/h4-10,12-13H,11H2,1-3H3;3-9,11-12H,10H2,1-2H3,(H,22,26);3,5-9,11-12H,4,10H2,1-2H3,(H,22,25);2*2-9,11H,10H2,1H3,(H2,21,25). The number of rotatable bonds is 20. The number of primary amides is 2. The zero-order chi connectivity index (χ0) is 93.5. The normalized spacial score (nSPS) is 11.5. The van der Waals surface area contributed by atoms with Gasteiger partial charge in [0.2, 0.25) is 0 Å². The highest BCUT2D eigenvalue weighted by Gasteiger charge is 2.26. The number of fused-ring (bicyclic) bond motifs is 5.